The molecule has 4 aromatic rings. The van der Waals surface area contributed by atoms with E-state index in [1.165, 1.54) is 22.3 Å². The molecule has 0 saturated carbocycles. The molecule has 0 radical (unpaired) electrons. The van der Waals surface area contributed by atoms with Crippen LogP contribution in [0.1, 0.15) is 51.8 Å². The third-order valence-electron chi connectivity index (χ3n) is 6.48. The lowest BCUT2D eigenvalue weighted by Crippen LogP contribution is -2.20. The molecule has 0 fully saturated rings. The van der Waals surface area contributed by atoms with E-state index in [0.717, 1.165) is 29.8 Å². The summed E-state index contributed by atoms with van der Waals surface area (Å²) in [6.45, 7) is 0.465. The van der Waals surface area contributed by atoms with Gasteiger partial charge in [0.1, 0.15) is 18.1 Å². The third kappa shape index (κ3) is 4.74. The van der Waals surface area contributed by atoms with Crippen molar-refractivity contribution in [2.24, 2.45) is 0 Å². The minimum Gasteiger partial charge on any atom is -0.508 e. The van der Waals surface area contributed by atoms with Gasteiger partial charge in [0.05, 0.1) is 11.6 Å². The molecule has 0 spiro atoms. The number of aromatic nitrogens is 1. The molecule has 5 rings (SSSR count). The fraction of sp³-hybridized carbons (Fsp3) is 0.207. The number of phenols is 1. The molecule has 0 aliphatic heterocycles. The van der Waals surface area contributed by atoms with Crippen molar-refractivity contribution < 1.29 is 9.84 Å². The zero-order chi connectivity index (χ0) is 22.6. The predicted octanol–water partition coefficient (Wildman–Crippen LogP) is 6.97. The highest BCUT2D eigenvalue weighted by atomic mass is 35.5. The van der Waals surface area contributed by atoms with Gasteiger partial charge >= 0.3 is 0 Å². The number of pyridine rings is 1. The molecule has 2 unspecified atom stereocenters. The average Bonchev–Trinajstić information content (AvgIpc) is 2.88. The summed E-state index contributed by atoms with van der Waals surface area (Å²) >= 11 is 5.81. The average molecular weight is 456 g/mol. The van der Waals surface area contributed by atoms with E-state index in [2.05, 4.69) is 53.5 Å². The fourth-order valence-electron chi connectivity index (χ4n) is 4.84. The van der Waals surface area contributed by atoms with Crippen LogP contribution in [0.2, 0.25) is 0 Å². The van der Waals surface area contributed by atoms with Gasteiger partial charge < -0.3 is 9.84 Å². The summed E-state index contributed by atoms with van der Waals surface area (Å²) in [7, 11) is 0. The molecule has 3 nitrogen and oxygen atoms in total. The summed E-state index contributed by atoms with van der Waals surface area (Å²) < 4.78 is 6.00. The van der Waals surface area contributed by atoms with Gasteiger partial charge in [-0.05, 0) is 71.3 Å². The molecular weight excluding hydrogens is 430 g/mol. The number of hydrogen-bond donors (Lipinski definition) is 1. The quantitative estimate of drug-likeness (QED) is 0.319. The molecule has 1 heterocycles. The second-order valence-corrected chi connectivity index (χ2v) is 8.83. The Hall–Kier alpha value is -3.30. The number of aromatic hydroxyl groups is 1. The zero-order valence-electron chi connectivity index (χ0n) is 18.3. The normalized spacial score (nSPS) is 17.4. The maximum atomic E-state index is 10.0. The SMILES string of the molecule is Oc1ccc2c(c1)CCC(c1ccccc1)C2c1ccc(OCc2ccc(CCl)nc2)cc1. The highest BCUT2D eigenvalue weighted by Gasteiger charge is 2.32. The number of nitrogens with zero attached hydrogens (tertiary/aromatic N) is 1. The fourth-order valence-corrected chi connectivity index (χ4v) is 4.99. The van der Waals surface area contributed by atoms with Crippen molar-refractivity contribution >= 4 is 11.6 Å². The number of fused-ring (bicyclic) bond motifs is 1. The molecule has 4 heteroatoms. The van der Waals surface area contributed by atoms with Gasteiger partial charge in [-0.25, -0.2) is 0 Å². The molecular formula is C29H26ClNO2. The lowest BCUT2D eigenvalue weighted by Gasteiger charge is -2.34. The van der Waals surface area contributed by atoms with Crippen LogP contribution in [0.3, 0.4) is 0 Å². The number of halogens is 1. The van der Waals surface area contributed by atoms with Gasteiger partial charge in [-0.1, -0.05) is 54.6 Å². The predicted molar refractivity (Wildman–Crippen MR) is 132 cm³/mol. The Balaban J connectivity index is 1.40. The summed E-state index contributed by atoms with van der Waals surface area (Å²) in [6.07, 6.45) is 3.83. The summed E-state index contributed by atoms with van der Waals surface area (Å²) in [5.41, 5.74) is 7.02. The van der Waals surface area contributed by atoms with E-state index in [1.54, 1.807) is 6.07 Å². The zero-order valence-corrected chi connectivity index (χ0v) is 19.1. The Labute approximate surface area is 199 Å². The van der Waals surface area contributed by atoms with Crippen LogP contribution in [-0.4, -0.2) is 10.1 Å². The van der Waals surface area contributed by atoms with Gasteiger partial charge in [-0.3, -0.25) is 4.98 Å². The topological polar surface area (TPSA) is 42.4 Å². The van der Waals surface area contributed by atoms with Crippen LogP contribution in [0.15, 0.2) is 91.1 Å². The lowest BCUT2D eigenvalue weighted by atomic mass is 9.69. The van der Waals surface area contributed by atoms with E-state index in [-0.39, 0.29) is 5.92 Å². The van der Waals surface area contributed by atoms with Crippen LogP contribution in [-0.2, 0) is 18.9 Å². The number of ether oxygens (including phenoxy) is 1. The number of alkyl halides is 1. The van der Waals surface area contributed by atoms with Crippen LogP contribution in [0, 0.1) is 0 Å². The van der Waals surface area contributed by atoms with Crippen molar-refractivity contribution in [1.82, 2.24) is 4.98 Å². The Bertz CT molecular complexity index is 1210. The standard InChI is InChI=1S/C29H26ClNO2/c30-17-24-10-6-20(18-31-24)19-33-26-12-7-22(8-13-26)29-27(21-4-2-1-3-5-21)14-9-23-16-25(32)11-15-28(23)29/h1-8,10-13,15-16,18,27,29,32H,9,14,17,19H2. The molecule has 1 aromatic heterocycles. The first-order valence-corrected chi connectivity index (χ1v) is 11.8. The smallest absolute Gasteiger partial charge is 0.119 e. The van der Waals surface area contributed by atoms with Crippen LogP contribution >= 0.6 is 11.6 Å². The van der Waals surface area contributed by atoms with E-state index in [9.17, 15) is 5.11 Å². The monoisotopic (exact) mass is 455 g/mol. The van der Waals surface area contributed by atoms with Crippen molar-refractivity contribution in [3.05, 3.63) is 125 Å². The van der Waals surface area contributed by atoms with E-state index in [0.29, 0.717) is 24.2 Å². The number of rotatable bonds is 6. The molecule has 166 valence electrons. The highest BCUT2D eigenvalue weighted by Crippen LogP contribution is 2.47. The molecule has 0 saturated heterocycles. The van der Waals surface area contributed by atoms with Crippen molar-refractivity contribution in [3.63, 3.8) is 0 Å². The van der Waals surface area contributed by atoms with E-state index < -0.39 is 0 Å². The molecule has 0 amide bonds. The second kappa shape index (κ2) is 9.68. The van der Waals surface area contributed by atoms with E-state index >= 15 is 0 Å². The minimum absolute atomic E-state index is 0.234. The molecule has 1 N–H and O–H groups in total. The number of benzene rings is 3. The van der Waals surface area contributed by atoms with Gasteiger partial charge in [0.25, 0.3) is 0 Å². The van der Waals surface area contributed by atoms with Crippen molar-refractivity contribution in [2.75, 3.05) is 0 Å². The maximum absolute atomic E-state index is 10.0. The Morgan fingerprint density at radius 2 is 1.73 bits per heavy atom. The number of aryl methyl sites for hydroxylation is 1. The molecule has 1 aliphatic rings. The largest absolute Gasteiger partial charge is 0.508 e. The Morgan fingerprint density at radius 3 is 2.45 bits per heavy atom. The van der Waals surface area contributed by atoms with Crippen LogP contribution in [0.5, 0.6) is 11.5 Å². The summed E-state index contributed by atoms with van der Waals surface area (Å²) in [5.74, 6) is 2.21. The first-order valence-electron chi connectivity index (χ1n) is 11.3. The van der Waals surface area contributed by atoms with Gasteiger partial charge in [0.15, 0.2) is 0 Å². The second-order valence-electron chi connectivity index (χ2n) is 8.57. The maximum Gasteiger partial charge on any atom is 0.119 e. The molecule has 0 bridgehead atoms. The Kier molecular flexibility index (Phi) is 6.32. The van der Waals surface area contributed by atoms with Gasteiger partial charge in [0.2, 0.25) is 0 Å². The van der Waals surface area contributed by atoms with Crippen molar-refractivity contribution in [3.8, 4) is 11.5 Å². The summed E-state index contributed by atoms with van der Waals surface area (Å²) in [4.78, 5) is 4.32. The first-order chi connectivity index (χ1) is 16.2. The Morgan fingerprint density at radius 1 is 0.909 bits per heavy atom. The van der Waals surface area contributed by atoms with Crippen LogP contribution < -0.4 is 4.74 Å². The van der Waals surface area contributed by atoms with Gasteiger partial charge in [0, 0.05) is 17.7 Å². The van der Waals surface area contributed by atoms with E-state index in [4.69, 9.17) is 16.3 Å². The van der Waals surface area contributed by atoms with Gasteiger partial charge in [-0.2, -0.15) is 0 Å². The molecule has 33 heavy (non-hydrogen) atoms. The number of phenolic OH excluding ortho intramolecular Hbond substituents is 1. The summed E-state index contributed by atoms with van der Waals surface area (Å²) in [6, 6.07) is 28.9. The van der Waals surface area contributed by atoms with Crippen LogP contribution in [0.4, 0.5) is 0 Å². The lowest BCUT2D eigenvalue weighted by molar-refractivity contribution is 0.305. The minimum atomic E-state index is 0.234. The number of hydrogen-bond acceptors (Lipinski definition) is 3. The molecule has 1 aliphatic carbocycles. The van der Waals surface area contributed by atoms with E-state index in [1.807, 2.05) is 36.5 Å². The summed E-state index contributed by atoms with van der Waals surface area (Å²) in [5, 5.41) is 10.0. The first kappa shape index (κ1) is 21.5. The third-order valence-corrected chi connectivity index (χ3v) is 6.76. The van der Waals surface area contributed by atoms with Crippen LogP contribution in [0.25, 0.3) is 0 Å². The molecule has 3 aromatic carbocycles. The van der Waals surface area contributed by atoms with Crippen molar-refractivity contribution in [2.45, 2.75) is 37.2 Å². The van der Waals surface area contributed by atoms with Gasteiger partial charge in [-0.15, -0.1) is 11.6 Å². The highest BCUT2D eigenvalue weighted by molar-refractivity contribution is 6.16. The molecule has 2 atom stereocenters. The van der Waals surface area contributed by atoms with Crippen molar-refractivity contribution in [1.29, 1.82) is 0 Å².